The topological polar surface area (TPSA) is 23.8 Å². The summed E-state index contributed by atoms with van der Waals surface area (Å²) in [4.78, 5) is 0. The molecule has 0 bridgehead atoms. The van der Waals surface area contributed by atoms with E-state index in [2.05, 4.69) is 59.0 Å². The predicted molar refractivity (Wildman–Crippen MR) is 78.9 cm³/mol. The Labute approximate surface area is 113 Å². The van der Waals surface area contributed by atoms with Gasteiger partial charge < -0.3 is 0 Å². The van der Waals surface area contributed by atoms with Crippen LogP contribution >= 0.6 is 22.6 Å². The molecule has 80 valence electrons. The standard InChI is InChI=1S/C15H8IN/c16-14-6-12-5-10-3-1-2-4-11(10)8-15(12)13(7-14)9-17/h1-8H. The first kappa shape index (κ1) is 10.5. The lowest BCUT2D eigenvalue weighted by Crippen LogP contribution is -1.83. The van der Waals surface area contributed by atoms with Crippen LogP contribution in [0.4, 0.5) is 0 Å². The maximum absolute atomic E-state index is 9.18. The van der Waals surface area contributed by atoms with Crippen molar-refractivity contribution in [2.24, 2.45) is 0 Å². The number of nitrogens with zero attached hydrogens (tertiary/aromatic N) is 1. The Morgan fingerprint density at radius 3 is 2.29 bits per heavy atom. The number of benzene rings is 3. The fourth-order valence-electron chi connectivity index (χ4n) is 2.11. The molecule has 0 aliphatic rings. The molecule has 0 fully saturated rings. The highest BCUT2D eigenvalue weighted by molar-refractivity contribution is 14.1. The van der Waals surface area contributed by atoms with Crippen molar-refractivity contribution in [2.75, 3.05) is 0 Å². The zero-order valence-electron chi connectivity index (χ0n) is 8.94. The van der Waals surface area contributed by atoms with Crippen molar-refractivity contribution in [3.8, 4) is 6.07 Å². The summed E-state index contributed by atoms with van der Waals surface area (Å²) in [5.41, 5.74) is 0.748. The smallest absolute Gasteiger partial charge is 0.0998 e. The van der Waals surface area contributed by atoms with Crippen LogP contribution < -0.4 is 0 Å². The minimum absolute atomic E-state index is 0.748. The summed E-state index contributed by atoms with van der Waals surface area (Å²) in [6, 6.07) is 18.8. The van der Waals surface area contributed by atoms with Gasteiger partial charge in [0, 0.05) is 8.96 Å². The van der Waals surface area contributed by atoms with Gasteiger partial charge in [0.05, 0.1) is 11.6 Å². The average Bonchev–Trinajstić information content (AvgIpc) is 2.35. The zero-order valence-corrected chi connectivity index (χ0v) is 11.1. The third-order valence-corrected chi connectivity index (χ3v) is 3.53. The Balaban J connectivity index is 2.52. The highest BCUT2D eigenvalue weighted by Crippen LogP contribution is 2.27. The first-order valence-corrected chi connectivity index (χ1v) is 6.38. The minimum atomic E-state index is 0.748. The third kappa shape index (κ3) is 1.77. The number of hydrogen-bond donors (Lipinski definition) is 0. The van der Waals surface area contributed by atoms with Crippen LogP contribution in [0.15, 0.2) is 48.5 Å². The van der Waals surface area contributed by atoms with Crippen LogP contribution in [0.3, 0.4) is 0 Å². The second kappa shape index (κ2) is 4.01. The molecule has 0 N–H and O–H groups in total. The van der Waals surface area contributed by atoms with Gasteiger partial charge in [0.25, 0.3) is 0 Å². The van der Waals surface area contributed by atoms with Gasteiger partial charge >= 0.3 is 0 Å². The molecule has 0 aliphatic heterocycles. The van der Waals surface area contributed by atoms with E-state index in [0.29, 0.717) is 0 Å². The van der Waals surface area contributed by atoms with Crippen LogP contribution in [0, 0.1) is 14.9 Å². The summed E-state index contributed by atoms with van der Waals surface area (Å²) in [6.07, 6.45) is 0. The van der Waals surface area contributed by atoms with Crippen molar-refractivity contribution in [3.05, 3.63) is 57.7 Å². The first-order valence-electron chi connectivity index (χ1n) is 5.30. The summed E-state index contributed by atoms with van der Waals surface area (Å²) in [5, 5.41) is 13.7. The van der Waals surface area contributed by atoms with Gasteiger partial charge in [0.2, 0.25) is 0 Å². The van der Waals surface area contributed by atoms with Crippen molar-refractivity contribution in [1.82, 2.24) is 0 Å². The monoisotopic (exact) mass is 329 g/mol. The summed E-state index contributed by atoms with van der Waals surface area (Å²) < 4.78 is 1.10. The molecular formula is C15H8IN. The Morgan fingerprint density at radius 1 is 0.882 bits per heavy atom. The van der Waals surface area contributed by atoms with Crippen LogP contribution in [-0.4, -0.2) is 0 Å². The molecular weight excluding hydrogens is 321 g/mol. The molecule has 0 aliphatic carbocycles. The summed E-state index contributed by atoms with van der Waals surface area (Å²) in [5.74, 6) is 0. The number of hydrogen-bond acceptors (Lipinski definition) is 1. The molecule has 0 saturated heterocycles. The van der Waals surface area contributed by atoms with Gasteiger partial charge in [-0.15, -0.1) is 0 Å². The van der Waals surface area contributed by atoms with E-state index in [1.54, 1.807) is 0 Å². The van der Waals surface area contributed by atoms with E-state index < -0.39 is 0 Å². The van der Waals surface area contributed by atoms with Crippen LogP contribution in [0.25, 0.3) is 21.5 Å². The van der Waals surface area contributed by atoms with Crippen LogP contribution in [0.1, 0.15) is 5.56 Å². The Kier molecular flexibility index (Phi) is 2.49. The third-order valence-electron chi connectivity index (χ3n) is 2.90. The number of nitriles is 1. The van der Waals surface area contributed by atoms with Crippen molar-refractivity contribution < 1.29 is 0 Å². The molecule has 0 spiro atoms. The molecule has 0 unspecified atom stereocenters. The molecule has 0 atom stereocenters. The summed E-state index contributed by atoms with van der Waals surface area (Å²) >= 11 is 2.25. The fraction of sp³-hybridized carbons (Fsp3) is 0. The molecule has 0 aromatic heterocycles. The SMILES string of the molecule is N#Cc1cc(I)cc2cc3ccccc3cc12. The molecule has 3 aromatic carbocycles. The molecule has 1 nitrogen and oxygen atoms in total. The maximum atomic E-state index is 9.18. The van der Waals surface area contributed by atoms with Gasteiger partial charge in [-0.05, 0) is 63.0 Å². The van der Waals surface area contributed by atoms with Crippen molar-refractivity contribution in [2.45, 2.75) is 0 Å². The normalized spacial score (nSPS) is 10.6. The van der Waals surface area contributed by atoms with E-state index in [1.807, 2.05) is 18.2 Å². The zero-order chi connectivity index (χ0) is 11.8. The van der Waals surface area contributed by atoms with E-state index in [-0.39, 0.29) is 0 Å². The lowest BCUT2D eigenvalue weighted by Gasteiger charge is -2.04. The second-order valence-electron chi connectivity index (χ2n) is 3.99. The molecule has 3 rings (SSSR count). The van der Waals surface area contributed by atoms with Gasteiger partial charge in [-0.3, -0.25) is 0 Å². The number of fused-ring (bicyclic) bond motifs is 2. The minimum Gasteiger partial charge on any atom is -0.192 e. The van der Waals surface area contributed by atoms with Crippen molar-refractivity contribution in [1.29, 1.82) is 5.26 Å². The van der Waals surface area contributed by atoms with Crippen molar-refractivity contribution in [3.63, 3.8) is 0 Å². The Morgan fingerprint density at radius 2 is 1.59 bits per heavy atom. The summed E-state index contributed by atoms with van der Waals surface area (Å²) in [7, 11) is 0. The average molecular weight is 329 g/mol. The van der Waals surface area contributed by atoms with E-state index in [9.17, 15) is 5.26 Å². The van der Waals surface area contributed by atoms with Gasteiger partial charge in [-0.2, -0.15) is 5.26 Å². The van der Waals surface area contributed by atoms with Gasteiger partial charge in [0.15, 0.2) is 0 Å². The van der Waals surface area contributed by atoms with E-state index in [4.69, 9.17) is 0 Å². The number of rotatable bonds is 0. The van der Waals surface area contributed by atoms with Gasteiger partial charge in [-0.25, -0.2) is 0 Å². The van der Waals surface area contributed by atoms with E-state index in [1.165, 1.54) is 10.8 Å². The Hall–Kier alpha value is -1.60. The van der Waals surface area contributed by atoms with Crippen molar-refractivity contribution >= 4 is 44.1 Å². The van der Waals surface area contributed by atoms with Gasteiger partial charge in [0.1, 0.15) is 0 Å². The summed E-state index contributed by atoms with van der Waals surface area (Å²) in [6.45, 7) is 0. The van der Waals surface area contributed by atoms with E-state index in [0.717, 1.165) is 19.9 Å². The van der Waals surface area contributed by atoms with Crippen LogP contribution in [0.2, 0.25) is 0 Å². The lowest BCUT2D eigenvalue weighted by atomic mass is 10.0. The molecule has 0 saturated carbocycles. The van der Waals surface area contributed by atoms with Crippen LogP contribution in [0.5, 0.6) is 0 Å². The Bertz CT molecular complexity index is 769. The molecule has 0 radical (unpaired) electrons. The number of halogens is 1. The fourth-order valence-corrected chi connectivity index (χ4v) is 2.76. The second-order valence-corrected chi connectivity index (χ2v) is 5.23. The largest absolute Gasteiger partial charge is 0.192 e. The molecule has 17 heavy (non-hydrogen) atoms. The van der Waals surface area contributed by atoms with E-state index >= 15 is 0 Å². The lowest BCUT2D eigenvalue weighted by molar-refractivity contribution is 1.50. The van der Waals surface area contributed by atoms with Gasteiger partial charge in [-0.1, -0.05) is 24.3 Å². The maximum Gasteiger partial charge on any atom is 0.0998 e. The first-order chi connectivity index (χ1) is 8.28. The quantitative estimate of drug-likeness (QED) is 0.441. The molecule has 0 amide bonds. The molecule has 0 heterocycles. The van der Waals surface area contributed by atoms with Crippen LogP contribution in [-0.2, 0) is 0 Å². The highest BCUT2D eigenvalue weighted by Gasteiger charge is 2.04. The highest BCUT2D eigenvalue weighted by atomic mass is 127. The molecule has 2 heteroatoms. The predicted octanol–water partition coefficient (Wildman–Crippen LogP) is 4.47. The molecule has 3 aromatic rings.